The number of esters is 1. The van der Waals surface area contributed by atoms with Crippen LogP contribution >= 0.6 is 0 Å². The number of nitrogens with zero attached hydrogens (tertiary/aromatic N) is 1. The lowest BCUT2D eigenvalue weighted by atomic mass is 10.2. The predicted molar refractivity (Wildman–Crippen MR) is 78.9 cm³/mol. The molecule has 0 spiro atoms. The third-order valence-corrected chi connectivity index (χ3v) is 3.17. The molecule has 7 heteroatoms. The number of aromatic nitrogens is 1. The van der Waals surface area contributed by atoms with Crippen LogP contribution in [0.3, 0.4) is 0 Å². The van der Waals surface area contributed by atoms with Crippen LogP contribution in [0.25, 0.3) is 0 Å². The molecule has 0 bridgehead atoms. The van der Waals surface area contributed by atoms with Crippen LogP contribution in [-0.2, 0) is 9.53 Å². The van der Waals surface area contributed by atoms with E-state index >= 15 is 0 Å². The number of hydrogen-bond acceptors (Lipinski definition) is 6. The SMILES string of the molecule is COC(=O)c1cc(NCCCC(=O)NC2CC2)ncc1N. The van der Waals surface area contributed by atoms with Crippen LogP contribution in [0.1, 0.15) is 36.0 Å². The molecule has 1 aromatic rings. The molecule has 7 nitrogen and oxygen atoms in total. The highest BCUT2D eigenvalue weighted by Crippen LogP contribution is 2.19. The number of carbonyl (C=O) groups excluding carboxylic acids is 2. The second-order valence-corrected chi connectivity index (χ2v) is 5.02. The molecule has 0 unspecified atom stereocenters. The number of methoxy groups -OCH3 is 1. The van der Waals surface area contributed by atoms with Crippen LogP contribution < -0.4 is 16.4 Å². The van der Waals surface area contributed by atoms with Gasteiger partial charge in [0.2, 0.25) is 5.91 Å². The number of nitrogens with two attached hydrogens (primary N) is 1. The Morgan fingerprint density at radius 2 is 2.24 bits per heavy atom. The summed E-state index contributed by atoms with van der Waals surface area (Å²) >= 11 is 0. The molecular formula is C14H20N4O3. The summed E-state index contributed by atoms with van der Waals surface area (Å²) in [5.41, 5.74) is 6.22. The van der Waals surface area contributed by atoms with E-state index in [-0.39, 0.29) is 17.2 Å². The Balaban J connectivity index is 1.77. The van der Waals surface area contributed by atoms with Gasteiger partial charge in [-0.2, -0.15) is 0 Å². The van der Waals surface area contributed by atoms with Crippen molar-refractivity contribution in [2.45, 2.75) is 31.7 Å². The van der Waals surface area contributed by atoms with E-state index in [1.165, 1.54) is 13.3 Å². The van der Waals surface area contributed by atoms with Gasteiger partial charge < -0.3 is 21.1 Å². The summed E-state index contributed by atoms with van der Waals surface area (Å²) in [5.74, 6) is 0.119. The summed E-state index contributed by atoms with van der Waals surface area (Å²) in [5, 5.41) is 5.99. The Hall–Kier alpha value is -2.31. The molecule has 21 heavy (non-hydrogen) atoms. The first kappa shape index (κ1) is 15.1. The number of carbonyl (C=O) groups is 2. The Morgan fingerprint density at radius 1 is 1.48 bits per heavy atom. The molecule has 114 valence electrons. The minimum absolute atomic E-state index is 0.0832. The van der Waals surface area contributed by atoms with Crippen LogP contribution in [0.2, 0.25) is 0 Å². The van der Waals surface area contributed by atoms with Gasteiger partial charge in [0, 0.05) is 19.0 Å². The molecule has 2 rings (SSSR count). The molecule has 1 heterocycles. The Kier molecular flexibility index (Phi) is 4.97. The fourth-order valence-electron chi connectivity index (χ4n) is 1.84. The standard InChI is InChI=1S/C14H20N4O3/c1-21-14(20)10-7-12(17-8-11(10)15)16-6-2-3-13(19)18-9-4-5-9/h7-9H,2-6,15H2,1H3,(H,16,17)(H,18,19). The zero-order chi connectivity index (χ0) is 15.2. The molecule has 4 N–H and O–H groups in total. The third kappa shape index (κ3) is 4.62. The summed E-state index contributed by atoms with van der Waals surface area (Å²) in [6.07, 6.45) is 4.76. The summed E-state index contributed by atoms with van der Waals surface area (Å²) < 4.78 is 4.64. The number of rotatable bonds is 7. The Labute approximate surface area is 123 Å². The molecule has 1 aliphatic rings. The lowest BCUT2D eigenvalue weighted by Crippen LogP contribution is -2.25. The van der Waals surface area contributed by atoms with E-state index in [1.807, 2.05) is 0 Å². The average Bonchev–Trinajstić information content (AvgIpc) is 3.28. The number of hydrogen-bond donors (Lipinski definition) is 3. The molecule has 0 aliphatic heterocycles. The molecule has 1 aliphatic carbocycles. The molecule has 1 amide bonds. The van der Waals surface area contributed by atoms with Crippen molar-refractivity contribution < 1.29 is 14.3 Å². The summed E-state index contributed by atoms with van der Waals surface area (Å²) in [7, 11) is 1.30. The van der Waals surface area contributed by atoms with Crippen molar-refractivity contribution in [2.24, 2.45) is 0 Å². The lowest BCUT2D eigenvalue weighted by Gasteiger charge is -2.08. The zero-order valence-electron chi connectivity index (χ0n) is 12.0. The Bertz CT molecular complexity index is 529. The monoisotopic (exact) mass is 292 g/mol. The predicted octanol–water partition coefficient (Wildman–Crippen LogP) is 0.921. The first-order chi connectivity index (χ1) is 10.1. The number of nitrogen functional groups attached to an aromatic ring is 1. The molecular weight excluding hydrogens is 272 g/mol. The van der Waals surface area contributed by atoms with Crippen LogP contribution in [0.5, 0.6) is 0 Å². The van der Waals surface area contributed by atoms with Crippen molar-refractivity contribution in [3.05, 3.63) is 17.8 Å². The third-order valence-electron chi connectivity index (χ3n) is 3.17. The van der Waals surface area contributed by atoms with Gasteiger partial charge in [-0.1, -0.05) is 0 Å². The van der Waals surface area contributed by atoms with Crippen molar-refractivity contribution in [3.8, 4) is 0 Å². The summed E-state index contributed by atoms with van der Waals surface area (Å²) in [6, 6.07) is 1.94. The van der Waals surface area contributed by atoms with Gasteiger partial charge in [0.1, 0.15) is 5.82 Å². The molecule has 1 aromatic heterocycles. The van der Waals surface area contributed by atoms with Crippen LogP contribution in [0, 0.1) is 0 Å². The Morgan fingerprint density at radius 3 is 2.90 bits per heavy atom. The lowest BCUT2D eigenvalue weighted by molar-refractivity contribution is -0.121. The van der Waals surface area contributed by atoms with Gasteiger partial charge in [0.05, 0.1) is 24.6 Å². The highest BCUT2D eigenvalue weighted by molar-refractivity contribution is 5.95. The first-order valence-electron chi connectivity index (χ1n) is 6.97. The largest absolute Gasteiger partial charge is 0.465 e. The molecule has 0 aromatic carbocycles. The first-order valence-corrected chi connectivity index (χ1v) is 6.97. The fourth-order valence-corrected chi connectivity index (χ4v) is 1.84. The minimum Gasteiger partial charge on any atom is -0.465 e. The van der Waals surface area contributed by atoms with Gasteiger partial charge in [0.15, 0.2) is 0 Å². The van der Waals surface area contributed by atoms with Crippen molar-refractivity contribution >= 4 is 23.4 Å². The second kappa shape index (κ2) is 6.92. The van der Waals surface area contributed by atoms with Gasteiger partial charge in [0.25, 0.3) is 0 Å². The van der Waals surface area contributed by atoms with E-state index in [1.54, 1.807) is 6.07 Å². The van der Waals surface area contributed by atoms with Gasteiger partial charge in [-0.3, -0.25) is 4.79 Å². The van der Waals surface area contributed by atoms with Gasteiger partial charge >= 0.3 is 5.97 Å². The summed E-state index contributed by atoms with van der Waals surface area (Å²) in [6.45, 7) is 0.593. The average molecular weight is 292 g/mol. The van der Waals surface area contributed by atoms with Crippen molar-refractivity contribution in [3.63, 3.8) is 0 Å². The zero-order valence-corrected chi connectivity index (χ0v) is 12.0. The van der Waals surface area contributed by atoms with Crippen molar-refractivity contribution in [1.82, 2.24) is 10.3 Å². The summed E-state index contributed by atoms with van der Waals surface area (Å²) in [4.78, 5) is 27.1. The normalized spacial score (nSPS) is 13.6. The van der Waals surface area contributed by atoms with Crippen molar-refractivity contribution in [2.75, 3.05) is 24.7 Å². The number of anilines is 2. The van der Waals surface area contributed by atoms with E-state index in [4.69, 9.17) is 5.73 Å². The fraction of sp³-hybridized carbons (Fsp3) is 0.500. The molecule has 1 fully saturated rings. The minimum atomic E-state index is -0.498. The maximum absolute atomic E-state index is 11.5. The van der Waals surface area contributed by atoms with E-state index in [0.29, 0.717) is 31.2 Å². The van der Waals surface area contributed by atoms with Crippen LogP contribution in [-0.4, -0.2) is 36.6 Å². The van der Waals surface area contributed by atoms with Crippen LogP contribution in [0.4, 0.5) is 11.5 Å². The van der Waals surface area contributed by atoms with E-state index in [0.717, 1.165) is 12.8 Å². The smallest absolute Gasteiger partial charge is 0.340 e. The highest BCUT2D eigenvalue weighted by atomic mass is 16.5. The van der Waals surface area contributed by atoms with Gasteiger partial charge in [-0.05, 0) is 25.3 Å². The maximum atomic E-state index is 11.5. The number of nitrogens with one attached hydrogen (secondary N) is 2. The van der Waals surface area contributed by atoms with E-state index in [2.05, 4.69) is 20.4 Å². The highest BCUT2D eigenvalue weighted by Gasteiger charge is 2.22. The van der Waals surface area contributed by atoms with Gasteiger partial charge in [-0.15, -0.1) is 0 Å². The molecule has 0 saturated heterocycles. The quantitative estimate of drug-likeness (QED) is 0.509. The van der Waals surface area contributed by atoms with Crippen LogP contribution in [0.15, 0.2) is 12.3 Å². The number of amides is 1. The number of pyridine rings is 1. The second-order valence-electron chi connectivity index (χ2n) is 5.02. The van der Waals surface area contributed by atoms with Gasteiger partial charge in [-0.25, -0.2) is 9.78 Å². The molecule has 0 atom stereocenters. The van der Waals surface area contributed by atoms with E-state index in [9.17, 15) is 9.59 Å². The van der Waals surface area contributed by atoms with E-state index < -0.39 is 5.97 Å². The topological polar surface area (TPSA) is 106 Å². The molecule has 1 saturated carbocycles. The number of ether oxygens (including phenoxy) is 1. The molecule has 0 radical (unpaired) electrons. The maximum Gasteiger partial charge on any atom is 0.340 e. The van der Waals surface area contributed by atoms with Crippen molar-refractivity contribution in [1.29, 1.82) is 0 Å².